The summed E-state index contributed by atoms with van der Waals surface area (Å²) >= 11 is 0. The molecule has 0 aliphatic carbocycles. The number of nitrogens with zero attached hydrogens (tertiary/aromatic N) is 1. The smallest absolute Gasteiger partial charge is 0.260 e. The largest absolute Gasteiger partial charge is 0.484 e. The summed E-state index contributed by atoms with van der Waals surface area (Å²) in [6.07, 6.45) is 1.66. The Kier molecular flexibility index (Phi) is 5.44. The van der Waals surface area contributed by atoms with Crippen LogP contribution in [-0.2, 0) is 11.3 Å². The van der Waals surface area contributed by atoms with Gasteiger partial charge in [-0.2, -0.15) is 0 Å². The van der Waals surface area contributed by atoms with E-state index in [1.54, 1.807) is 48.4 Å². The summed E-state index contributed by atoms with van der Waals surface area (Å²) in [7, 11) is 1.73. The zero-order chi connectivity index (χ0) is 22.8. The lowest BCUT2D eigenvalue weighted by Gasteiger charge is -2.17. The molecule has 3 aromatic carbocycles. The zero-order valence-electron chi connectivity index (χ0n) is 17.9. The number of ether oxygens (including phenoxy) is 4. The SMILES string of the molecule is CN(Cc1ccccc1)C(=O)COc1ccc2c(c1)OC(=Cc1ccc3c(c1)OCO3)C2=O. The molecule has 0 atom stereocenters. The molecule has 0 bridgehead atoms. The van der Waals surface area contributed by atoms with Crippen LogP contribution in [0.3, 0.4) is 0 Å². The third-order valence-corrected chi connectivity index (χ3v) is 5.39. The van der Waals surface area contributed by atoms with Gasteiger partial charge in [0.25, 0.3) is 5.91 Å². The monoisotopic (exact) mass is 443 g/mol. The fourth-order valence-corrected chi connectivity index (χ4v) is 3.61. The van der Waals surface area contributed by atoms with Crippen molar-refractivity contribution in [2.45, 2.75) is 6.54 Å². The molecule has 0 aromatic heterocycles. The Morgan fingerprint density at radius 2 is 1.82 bits per heavy atom. The Bertz CT molecular complexity index is 1250. The first-order valence-corrected chi connectivity index (χ1v) is 10.5. The van der Waals surface area contributed by atoms with Gasteiger partial charge in [0.2, 0.25) is 12.6 Å². The van der Waals surface area contributed by atoms with Gasteiger partial charge in [0, 0.05) is 19.7 Å². The Morgan fingerprint density at radius 3 is 2.67 bits per heavy atom. The predicted molar refractivity (Wildman–Crippen MR) is 120 cm³/mol. The van der Waals surface area contributed by atoms with Gasteiger partial charge in [0.05, 0.1) is 5.56 Å². The third-order valence-electron chi connectivity index (χ3n) is 5.39. The van der Waals surface area contributed by atoms with Gasteiger partial charge in [-0.05, 0) is 41.5 Å². The van der Waals surface area contributed by atoms with E-state index in [1.165, 1.54) is 0 Å². The number of benzene rings is 3. The Morgan fingerprint density at radius 1 is 1.00 bits per heavy atom. The summed E-state index contributed by atoms with van der Waals surface area (Å²) < 4.78 is 22.1. The molecule has 5 rings (SSSR count). The van der Waals surface area contributed by atoms with E-state index in [-0.39, 0.29) is 30.8 Å². The van der Waals surface area contributed by atoms with Crippen molar-refractivity contribution in [1.82, 2.24) is 4.90 Å². The number of Topliss-reactive ketones (excluding diaryl/α,β-unsaturated/α-hetero) is 1. The highest BCUT2D eigenvalue weighted by Crippen LogP contribution is 2.37. The van der Waals surface area contributed by atoms with Gasteiger partial charge < -0.3 is 23.8 Å². The summed E-state index contributed by atoms with van der Waals surface area (Å²) in [6.45, 7) is 0.568. The molecule has 7 nitrogen and oxygen atoms in total. The predicted octanol–water partition coefficient (Wildman–Crippen LogP) is 4.07. The van der Waals surface area contributed by atoms with Crippen molar-refractivity contribution in [2.24, 2.45) is 0 Å². The highest BCUT2D eigenvalue weighted by molar-refractivity contribution is 6.14. The van der Waals surface area contributed by atoms with Gasteiger partial charge in [-0.3, -0.25) is 9.59 Å². The molecule has 0 saturated heterocycles. The molecule has 2 aliphatic rings. The van der Waals surface area contributed by atoms with Gasteiger partial charge >= 0.3 is 0 Å². The Hall–Kier alpha value is -4.26. The van der Waals surface area contributed by atoms with Crippen molar-refractivity contribution in [3.8, 4) is 23.0 Å². The summed E-state index contributed by atoms with van der Waals surface area (Å²) in [5.41, 5.74) is 2.25. The first-order valence-electron chi connectivity index (χ1n) is 10.5. The number of hydrogen-bond donors (Lipinski definition) is 0. The van der Waals surface area contributed by atoms with Gasteiger partial charge in [0.15, 0.2) is 23.9 Å². The van der Waals surface area contributed by atoms with Crippen LogP contribution in [0.25, 0.3) is 6.08 Å². The van der Waals surface area contributed by atoms with E-state index in [1.807, 2.05) is 36.4 Å². The van der Waals surface area contributed by atoms with Gasteiger partial charge in [-0.25, -0.2) is 0 Å². The van der Waals surface area contributed by atoms with Crippen LogP contribution >= 0.6 is 0 Å². The maximum absolute atomic E-state index is 12.7. The van der Waals surface area contributed by atoms with E-state index >= 15 is 0 Å². The molecule has 33 heavy (non-hydrogen) atoms. The lowest BCUT2D eigenvalue weighted by molar-refractivity contribution is -0.132. The molecule has 0 spiro atoms. The highest BCUT2D eigenvalue weighted by Gasteiger charge is 2.28. The minimum Gasteiger partial charge on any atom is -0.484 e. The van der Waals surface area contributed by atoms with Crippen molar-refractivity contribution < 1.29 is 28.5 Å². The molecule has 3 aromatic rings. The molecule has 166 valence electrons. The minimum atomic E-state index is -0.215. The standard InChI is InChI=1S/C26H21NO6/c1-27(14-17-5-3-2-4-6-17)25(28)15-30-19-8-9-20-22(13-19)33-24(26(20)29)12-18-7-10-21-23(11-18)32-16-31-21/h2-13H,14-16H2,1H3. The number of fused-ring (bicyclic) bond motifs is 2. The van der Waals surface area contributed by atoms with E-state index in [0.29, 0.717) is 35.1 Å². The van der Waals surface area contributed by atoms with Gasteiger partial charge in [-0.15, -0.1) is 0 Å². The van der Waals surface area contributed by atoms with Crippen LogP contribution in [0.1, 0.15) is 21.5 Å². The average Bonchev–Trinajstić information content (AvgIpc) is 3.42. The second-order valence-corrected chi connectivity index (χ2v) is 7.73. The van der Waals surface area contributed by atoms with Crippen LogP contribution < -0.4 is 18.9 Å². The Labute approximate surface area is 190 Å². The number of hydrogen-bond acceptors (Lipinski definition) is 6. The summed E-state index contributed by atoms with van der Waals surface area (Å²) in [4.78, 5) is 26.8. The fourth-order valence-electron chi connectivity index (χ4n) is 3.61. The average molecular weight is 443 g/mol. The van der Waals surface area contributed by atoms with Crippen molar-refractivity contribution in [3.63, 3.8) is 0 Å². The molecule has 1 amide bonds. The number of ketones is 1. The molecule has 0 saturated carbocycles. The van der Waals surface area contributed by atoms with Crippen molar-refractivity contribution >= 4 is 17.8 Å². The van der Waals surface area contributed by atoms with Crippen LogP contribution in [0.15, 0.2) is 72.5 Å². The molecule has 0 radical (unpaired) electrons. The maximum atomic E-state index is 12.7. The number of rotatable bonds is 6. The molecular formula is C26H21NO6. The van der Waals surface area contributed by atoms with E-state index in [9.17, 15) is 9.59 Å². The lowest BCUT2D eigenvalue weighted by atomic mass is 10.1. The van der Waals surface area contributed by atoms with E-state index in [4.69, 9.17) is 18.9 Å². The van der Waals surface area contributed by atoms with Crippen molar-refractivity contribution in [2.75, 3.05) is 20.4 Å². The number of carbonyl (C=O) groups is 2. The number of carbonyl (C=O) groups excluding carboxylic acids is 2. The van der Waals surface area contributed by atoms with Crippen LogP contribution in [0, 0.1) is 0 Å². The molecule has 0 unspecified atom stereocenters. The van der Waals surface area contributed by atoms with Gasteiger partial charge in [0.1, 0.15) is 11.5 Å². The van der Waals surface area contributed by atoms with Crippen LogP contribution in [-0.4, -0.2) is 37.0 Å². The molecule has 0 fully saturated rings. The number of allylic oxidation sites excluding steroid dienone is 1. The zero-order valence-corrected chi connectivity index (χ0v) is 17.9. The van der Waals surface area contributed by atoms with E-state index in [0.717, 1.165) is 11.1 Å². The lowest BCUT2D eigenvalue weighted by Crippen LogP contribution is -2.30. The van der Waals surface area contributed by atoms with E-state index < -0.39 is 0 Å². The topological polar surface area (TPSA) is 74.3 Å². The highest BCUT2D eigenvalue weighted by atomic mass is 16.7. The quantitative estimate of drug-likeness (QED) is 0.535. The summed E-state index contributed by atoms with van der Waals surface area (Å²) in [5.74, 6) is 1.99. The van der Waals surface area contributed by atoms with Crippen molar-refractivity contribution in [1.29, 1.82) is 0 Å². The second-order valence-electron chi connectivity index (χ2n) is 7.73. The van der Waals surface area contributed by atoms with Crippen LogP contribution in [0.4, 0.5) is 0 Å². The molecule has 0 N–H and O–H groups in total. The van der Waals surface area contributed by atoms with Gasteiger partial charge in [-0.1, -0.05) is 36.4 Å². The summed E-state index contributed by atoms with van der Waals surface area (Å²) in [6, 6.07) is 20.1. The van der Waals surface area contributed by atoms with Crippen LogP contribution in [0.2, 0.25) is 0 Å². The van der Waals surface area contributed by atoms with Crippen LogP contribution in [0.5, 0.6) is 23.0 Å². The number of likely N-dealkylation sites (N-methyl/N-ethyl adjacent to an activating group) is 1. The maximum Gasteiger partial charge on any atom is 0.260 e. The normalized spacial score (nSPS) is 14.7. The first kappa shape index (κ1) is 20.6. The van der Waals surface area contributed by atoms with E-state index in [2.05, 4.69) is 0 Å². The second kappa shape index (κ2) is 8.70. The minimum absolute atomic E-state index is 0.115. The Balaban J connectivity index is 1.23. The van der Waals surface area contributed by atoms with Crippen molar-refractivity contribution in [3.05, 3.63) is 89.2 Å². The molecule has 2 heterocycles. The number of amides is 1. The first-order chi connectivity index (χ1) is 16.1. The molecule has 7 heteroatoms. The summed E-state index contributed by atoms with van der Waals surface area (Å²) in [5, 5.41) is 0. The molecule has 2 aliphatic heterocycles. The fraction of sp³-hybridized carbons (Fsp3) is 0.154. The third kappa shape index (κ3) is 4.39. The molecular weight excluding hydrogens is 422 g/mol.